The third kappa shape index (κ3) is 2.52. The van der Waals surface area contributed by atoms with Gasteiger partial charge < -0.3 is 4.43 Å². The number of hydrogen-bond acceptors (Lipinski definition) is 2. The van der Waals surface area contributed by atoms with Gasteiger partial charge in [-0.1, -0.05) is 43.5 Å². The second-order valence-electron chi connectivity index (χ2n) is 4.31. The number of rotatable bonds is 2. The second kappa shape index (κ2) is 5.59. The molecule has 0 aromatic heterocycles. The van der Waals surface area contributed by atoms with E-state index in [1.165, 1.54) is 37.7 Å². The smallest absolute Gasteiger partial charge is 0.342 e. The van der Waals surface area contributed by atoms with Crippen LogP contribution in [0.3, 0.4) is 0 Å². The van der Waals surface area contributed by atoms with Crippen LogP contribution in [0.15, 0.2) is 24.3 Å². The van der Waals surface area contributed by atoms with Crippen LogP contribution in [0.1, 0.15) is 49.1 Å². The Kier molecular flexibility index (Phi) is 4.13. The van der Waals surface area contributed by atoms with Crippen molar-refractivity contribution in [3.63, 3.8) is 0 Å². The van der Waals surface area contributed by atoms with E-state index in [1.54, 1.807) is 0 Å². The zero-order valence-corrected chi connectivity index (χ0v) is 11.1. The molecule has 1 aromatic carbocycles. The topological polar surface area (TPSA) is 9.23 Å². The van der Waals surface area contributed by atoms with Crippen molar-refractivity contribution in [2.75, 3.05) is 0 Å². The molecule has 1 nitrogen and oxygen atoms in total. The molecule has 1 aromatic rings. The van der Waals surface area contributed by atoms with Gasteiger partial charge in [-0.3, -0.25) is 0 Å². The molecule has 0 saturated heterocycles. The third-order valence-electron chi connectivity index (χ3n) is 3.32. The number of thiocarbonyl (C=S) groups is 1. The lowest BCUT2D eigenvalue weighted by molar-refractivity contribution is 0.442. The summed E-state index contributed by atoms with van der Waals surface area (Å²) in [7, 11) is 3.02. The summed E-state index contributed by atoms with van der Waals surface area (Å²) < 4.78 is 5.00. The maximum absolute atomic E-state index is 5.21. The summed E-state index contributed by atoms with van der Waals surface area (Å²) >= 11 is 5.21. The normalized spacial score (nSPS) is 17.1. The Labute approximate surface area is 106 Å². The van der Waals surface area contributed by atoms with E-state index in [4.69, 9.17) is 16.6 Å². The molecule has 0 unspecified atom stereocenters. The number of benzene rings is 1. The van der Waals surface area contributed by atoms with Gasteiger partial charge in [-0.25, -0.2) is 0 Å². The van der Waals surface area contributed by atoms with Crippen LogP contribution in [0.5, 0.6) is 0 Å². The van der Waals surface area contributed by atoms with E-state index in [0.29, 0.717) is 11.0 Å². The minimum atomic E-state index is 0.540. The molecule has 0 amide bonds. The van der Waals surface area contributed by atoms with E-state index in [0.717, 1.165) is 5.56 Å². The van der Waals surface area contributed by atoms with Gasteiger partial charge in [0.25, 0.3) is 0 Å². The molecule has 1 saturated carbocycles. The fourth-order valence-electron chi connectivity index (χ4n) is 2.51. The lowest BCUT2D eigenvalue weighted by atomic mass is 9.82. The molecule has 0 aliphatic heterocycles. The summed E-state index contributed by atoms with van der Waals surface area (Å²) in [6, 6.07) is 8.33. The molecule has 0 N–H and O–H groups in total. The van der Waals surface area contributed by atoms with E-state index in [1.807, 2.05) is 12.1 Å². The van der Waals surface area contributed by atoms with E-state index < -0.39 is 0 Å². The lowest BCUT2D eigenvalue weighted by Crippen LogP contribution is -2.11. The SMILES string of the molecule is [Si]OC(=S)c1ccccc1C1CCCCC1. The average molecular weight is 247 g/mol. The molecule has 2 rings (SSSR count). The van der Waals surface area contributed by atoms with Crippen molar-refractivity contribution in [2.45, 2.75) is 38.0 Å². The van der Waals surface area contributed by atoms with Crippen molar-refractivity contribution in [1.29, 1.82) is 0 Å². The summed E-state index contributed by atoms with van der Waals surface area (Å²) in [5, 5.41) is 0.540. The van der Waals surface area contributed by atoms with Crippen LogP contribution in [0, 0.1) is 0 Å². The second-order valence-corrected chi connectivity index (χ2v) is 4.89. The van der Waals surface area contributed by atoms with Gasteiger partial charge in [0.15, 0.2) is 5.05 Å². The zero-order valence-electron chi connectivity index (χ0n) is 9.24. The van der Waals surface area contributed by atoms with Gasteiger partial charge in [-0.15, -0.1) is 0 Å². The van der Waals surface area contributed by atoms with Crippen LogP contribution in [-0.4, -0.2) is 15.5 Å². The van der Waals surface area contributed by atoms with Crippen LogP contribution in [0.25, 0.3) is 0 Å². The van der Waals surface area contributed by atoms with Crippen LogP contribution in [0.4, 0.5) is 0 Å². The Morgan fingerprint density at radius 3 is 2.56 bits per heavy atom. The summed E-state index contributed by atoms with van der Waals surface area (Å²) in [5.74, 6) is 0.657. The summed E-state index contributed by atoms with van der Waals surface area (Å²) in [4.78, 5) is 0. The van der Waals surface area contributed by atoms with Gasteiger partial charge in [0.1, 0.15) is 0 Å². The predicted octanol–water partition coefficient (Wildman–Crippen LogP) is 3.51. The molecule has 1 fully saturated rings. The average Bonchev–Trinajstić information content (AvgIpc) is 2.39. The van der Waals surface area contributed by atoms with Gasteiger partial charge >= 0.3 is 10.5 Å². The zero-order chi connectivity index (χ0) is 11.4. The van der Waals surface area contributed by atoms with E-state index >= 15 is 0 Å². The van der Waals surface area contributed by atoms with Gasteiger partial charge in [0.2, 0.25) is 0 Å². The Hall–Kier alpha value is -0.673. The lowest BCUT2D eigenvalue weighted by Gasteiger charge is -2.24. The molecule has 3 heteroatoms. The molecule has 0 atom stereocenters. The Morgan fingerprint density at radius 2 is 1.88 bits per heavy atom. The van der Waals surface area contributed by atoms with Crippen molar-refractivity contribution >= 4 is 27.8 Å². The molecule has 83 valence electrons. The quantitative estimate of drug-likeness (QED) is 0.584. The Balaban J connectivity index is 2.28. The van der Waals surface area contributed by atoms with Crippen molar-refractivity contribution < 1.29 is 4.43 Å². The first-order valence-corrected chi connectivity index (χ1v) is 6.61. The molecular weight excluding hydrogens is 232 g/mol. The van der Waals surface area contributed by atoms with Gasteiger partial charge in [0.05, 0.1) is 0 Å². The predicted molar refractivity (Wildman–Crippen MR) is 70.8 cm³/mol. The Morgan fingerprint density at radius 1 is 1.19 bits per heavy atom. The van der Waals surface area contributed by atoms with E-state index in [9.17, 15) is 0 Å². The minimum absolute atomic E-state index is 0.540. The highest BCUT2D eigenvalue weighted by molar-refractivity contribution is 7.80. The molecule has 3 radical (unpaired) electrons. The molecule has 0 spiro atoms. The standard InChI is InChI=1S/C13H15OSSi/c15-13(14-16)12-9-5-4-8-11(12)10-6-2-1-3-7-10/h4-5,8-10H,1-3,6-7H2. The van der Waals surface area contributed by atoms with Gasteiger partial charge in [-0.2, -0.15) is 0 Å². The first-order chi connectivity index (χ1) is 7.83. The van der Waals surface area contributed by atoms with Crippen LogP contribution < -0.4 is 0 Å². The fraction of sp³-hybridized carbons (Fsp3) is 0.462. The highest BCUT2D eigenvalue weighted by Gasteiger charge is 2.19. The first kappa shape index (κ1) is 11.8. The Bertz CT molecular complexity index is 372. The molecule has 0 bridgehead atoms. The van der Waals surface area contributed by atoms with Crippen LogP contribution in [-0.2, 0) is 4.43 Å². The first-order valence-electron chi connectivity index (χ1n) is 5.79. The van der Waals surface area contributed by atoms with Crippen molar-refractivity contribution in [2.24, 2.45) is 0 Å². The third-order valence-corrected chi connectivity index (χ3v) is 3.97. The van der Waals surface area contributed by atoms with Crippen molar-refractivity contribution in [3.05, 3.63) is 35.4 Å². The van der Waals surface area contributed by atoms with Gasteiger partial charge in [0, 0.05) is 5.56 Å². The van der Waals surface area contributed by atoms with Crippen molar-refractivity contribution in [1.82, 2.24) is 0 Å². The highest BCUT2D eigenvalue weighted by atomic mass is 32.1. The highest BCUT2D eigenvalue weighted by Crippen LogP contribution is 2.34. The molecule has 16 heavy (non-hydrogen) atoms. The van der Waals surface area contributed by atoms with Crippen LogP contribution in [0.2, 0.25) is 0 Å². The maximum Gasteiger partial charge on any atom is 0.342 e. The monoisotopic (exact) mass is 247 g/mol. The molecular formula is C13H15OSSi. The van der Waals surface area contributed by atoms with Crippen LogP contribution >= 0.6 is 12.2 Å². The van der Waals surface area contributed by atoms with Crippen molar-refractivity contribution in [3.8, 4) is 0 Å². The largest absolute Gasteiger partial charge is 0.533 e. The molecule has 0 heterocycles. The van der Waals surface area contributed by atoms with Gasteiger partial charge in [-0.05, 0) is 36.5 Å². The molecule has 1 aliphatic rings. The summed E-state index contributed by atoms with van der Waals surface area (Å²) in [6.45, 7) is 0. The number of hydrogen-bond donors (Lipinski definition) is 0. The van der Waals surface area contributed by atoms with E-state index in [2.05, 4.69) is 22.6 Å². The summed E-state index contributed by atoms with van der Waals surface area (Å²) in [6.07, 6.45) is 6.60. The fourth-order valence-corrected chi connectivity index (χ4v) is 2.80. The molecule has 1 aliphatic carbocycles. The maximum atomic E-state index is 5.21. The van der Waals surface area contributed by atoms with E-state index in [-0.39, 0.29) is 0 Å². The minimum Gasteiger partial charge on any atom is -0.533 e. The summed E-state index contributed by atoms with van der Waals surface area (Å²) in [5.41, 5.74) is 2.42.